The molecule has 0 aromatic heterocycles. The first-order valence-corrected chi connectivity index (χ1v) is 8.53. The van der Waals surface area contributed by atoms with Crippen molar-refractivity contribution in [1.29, 1.82) is 0 Å². The van der Waals surface area contributed by atoms with Gasteiger partial charge in [-0.2, -0.15) is 0 Å². The van der Waals surface area contributed by atoms with E-state index in [4.69, 9.17) is 9.84 Å². The van der Waals surface area contributed by atoms with Crippen molar-refractivity contribution < 1.29 is 29.3 Å². The molecule has 27 heavy (non-hydrogen) atoms. The van der Waals surface area contributed by atoms with E-state index >= 15 is 0 Å². The van der Waals surface area contributed by atoms with Crippen LogP contribution in [0.5, 0.6) is 5.75 Å². The van der Waals surface area contributed by atoms with E-state index in [1.165, 1.54) is 12.1 Å². The number of carboxylic acid groups (broad SMARTS) is 1. The fourth-order valence-corrected chi connectivity index (χ4v) is 3.71. The topological polar surface area (TPSA) is 101 Å². The molecule has 136 valence electrons. The molecule has 0 amide bonds. The van der Waals surface area contributed by atoms with E-state index in [1.54, 1.807) is 36.4 Å². The molecule has 2 N–H and O–H groups in total. The number of carboxylic acids is 1. The Balaban J connectivity index is 1.87. The van der Waals surface area contributed by atoms with Crippen molar-refractivity contribution >= 4 is 17.5 Å². The SMILES string of the molecule is O=C(O)C[C@@H]1CC2=C(C(=O)c3ccccc3C2=O)[C@H](c2cccc(O)c2)O1. The Bertz CT molecular complexity index is 1000. The van der Waals surface area contributed by atoms with Crippen LogP contribution in [0.25, 0.3) is 0 Å². The molecule has 0 bridgehead atoms. The molecule has 0 fully saturated rings. The molecule has 0 saturated carbocycles. The van der Waals surface area contributed by atoms with E-state index in [2.05, 4.69) is 0 Å². The highest BCUT2D eigenvalue weighted by Gasteiger charge is 2.42. The largest absolute Gasteiger partial charge is 0.508 e. The lowest BCUT2D eigenvalue weighted by molar-refractivity contribution is -0.141. The zero-order chi connectivity index (χ0) is 19.1. The summed E-state index contributed by atoms with van der Waals surface area (Å²) in [6.07, 6.45) is -1.86. The third-order valence-corrected chi connectivity index (χ3v) is 4.86. The summed E-state index contributed by atoms with van der Waals surface area (Å²) in [5.74, 6) is -1.63. The second-order valence-electron chi connectivity index (χ2n) is 6.63. The maximum atomic E-state index is 13.1. The van der Waals surface area contributed by atoms with Crippen molar-refractivity contribution in [1.82, 2.24) is 0 Å². The molecule has 2 aromatic carbocycles. The molecular formula is C21H16O6. The summed E-state index contributed by atoms with van der Waals surface area (Å²) in [5.41, 5.74) is 1.66. The molecule has 2 aliphatic rings. The molecule has 0 spiro atoms. The quantitative estimate of drug-likeness (QED) is 0.868. The zero-order valence-electron chi connectivity index (χ0n) is 14.2. The number of phenolic OH excluding ortho intramolecular Hbond substituents is 1. The van der Waals surface area contributed by atoms with Gasteiger partial charge in [0.25, 0.3) is 0 Å². The second-order valence-corrected chi connectivity index (χ2v) is 6.63. The van der Waals surface area contributed by atoms with Crippen molar-refractivity contribution in [2.45, 2.75) is 25.0 Å². The van der Waals surface area contributed by atoms with Crippen LogP contribution in [-0.4, -0.2) is 33.9 Å². The van der Waals surface area contributed by atoms with Gasteiger partial charge in [0, 0.05) is 28.7 Å². The molecule has 6 heteroatoms. The molecule has 1 aliphatic heterocycles. The number of phenols is 1. The van der Waals surface area contributed by atoms with Crippen molar-refractivity contribution in [3.63, 3.8) is 0 Å². The molecule has 6 nitrogen and oxygen atoms in total. The third-order valence-electron chi connectivity index (χ3n) is 4.86. The van der Waals surface area contributed by atoms with Gasteiger partial charge in [0.05, 0.1) is 12.5 Å². The fraction of sp³-hybridized carbons (Fsp3) is 0.190. The highest BCUT2D eigenvalue weighted by atomic mass is 16.5. The minimum absolute atomic E-state index is 0.00593. The Kier molecular flexibility index (Phi) is 4.12. The van der Waals surface area contributed by atoms with Gasteiger partial charge in [-0.1, -0.05) is 36.4 Å². The van der Waals surface area contributed by atoms with Gasteiger partial charge in [-0.3, -0.25) is 14.4 Å². The molecule has 1 heterocycles. The van der Waals surface area contributed by atoms with E-state index in [1.807, 2.05) is 0 Å². The fourth-order valence-electron chi connectivity index (χ4n) is 3.71. The van der Waals surface area contributed by atoms with Crippen molar-refractivity contribution in [3.05, 3.63) is 76.4 Å². The van der Waals surface area contributed by atoms with Crippen LogP contribution in [-0.2, 0) is 9.53 Å². The average Bonchev–Trinajstić information content (AvgIpc) is 2.65. The van der Waals surface area contributed by atoms with E-state index in [-0.39, 0.29) is 35.7 Å². The Labute approximate surface area is 154 Å². The number of rotatable bonds is 3. The van der Waals surface area contributed by atoms with Crippen LogP contribution >= 0.6 is 0 Å². The lowest BCUT2D eigenvalue weighted by Crippen LogP contribution is -2.35. The average molecular weight is 364 g/mol. The molecule has 0 saturated heterocycles. The van der Waals surface area contributed by atoms with Crippen LogP contribution in [0, 0.1) is 0 Å². The van der Waals surface area contributed by atoms with Crippen LogP contribution in [0.2, 0.25) is 0 Å². The van der Waals surface area contributed by atoms with Gasteiger partial charge in [0.1, 0.15) is 11.9 Å². The number of aliphatic carboxylic acids is 1. The predicted molar refractivity (Wildman–Crippen MR) is 94.7 cm³/mol. The number of Topliss-reactive ketones (excluding diaryl/α,β-unsaturated/α-hetero) is 2. The molecule has 1 aliphatic carbocycles. The third kappa shape index (κ3) is 2.94. The minimum Gasteiger partial charge on any atom is -0.508 e. The standard InChI is InChI=1S/C21H16O6/c22-12-5-3-4-11(8-12)21-18-16(9-13(27-21)10-17(23)24)19(25)14-6-1-2-7-15(14)20(18)26/h1-8,13,21-22H,9-10H2,(H,23,24)/t13-,21-/m0/s1. The van der Waals surface area contributed by atoms with Crippen LogP contribution in [0.1, 0.15) is 45.2 Å². The number of aromatic hydroxyl groups is 1. The highest BCUT2D eigenvalue weighted by Crippen LogP contribution is 2.43. The van der Waals surface area contributed by atoms with Crippen molar-refractivity contribution in [3.8, 4) is 5.75 Å². The second kappa shape index (κ2) is 6.48. The molecule has 2 atom stereocenters. The van der Waals surface area contributed by atoms with E-state index in [0.717, 1.165) is 0 Å². The van der Waals surface area contributed by atoms with E-state index < -0.39 is 18.2 Å². The molecule has 4 rings (SSSR count). The van der Waals surface area contributed by atoms with Crippen LogP contribution in [0.15, 0.2) is 59.7 Å². The maximum Gasteiger partial charge on any atom is 0.305 e. The summed E-state index contributed by atoms with van der Waals surface area (Å²) in [5, 5.41) is 19.0. The highest BCUT2D eigenvalue weighted by molar-refractivity contribution is 6.27. The number of ketones is 2. The number of fused-ring (bicyclic) bond motifs is 1. The summed E-state index contributed by atoms with van der Waals surface area (Å²) < 4.78 is 5.92. The van der Waals surface area contributed by atoms with Crippen molar-refractivity contribution in [2.24, 2.45) is 0 Å². The van der Waals surface area contributed by atoms with E-state index in [9.17, 15) is 19.5 Å². The first-order chi connectivity index (χ1) is 13.0. The predicted octanol–water partition coefficient (Wildman–Crippen LogP) is 3.07. The molecule has 0 unspecified atom stereocenters. The number of hydrogen-bond donors (Lipinski definition) is 2. The Morgan fingerprint density at radius 2 is 1.74 bits per heavy atom. The Hall–Kier alpha value is -3.25. The van der Waals surface area contributed by atoms with Gasteiger partial charge in [-0.25, -0.2) is 0 Å². The summed E-state index contributed by atoms with van der Waals surface area (Å²) in [4.78, 5) is 37.3. The summed E-state index contributed by atoms with van der Waals surface area (Å²) >= 11 is 0. The van der Waals surface area contributed by atoms with Gasteiger partial charge in [0.2, 0.25) is 0 Å². The van der Waals surface area contributed by atoms with Crippen molar-refractivity contribution in [2.75, 3.05) is 0 Å². The number of carbonyl (C=O) groups is 3. The van der Waals surface area contributed by atoms with Gasteiger partial charge in [-0.05, 0) is 17.7 Å². The molecular weight excluding hydrogens is 348 g/mol. The van der Waals surface area contributed by atoms with Gasteiger partial charge in [0.15, 0.2) is 11.6 Å². The van der Waals surface area contributed by atoms with Crippen LogP contribution < -0.4 is 0 Å². The number of hydrogen-bond acceptors (Lipinski definition) is 5. The number of benzene rings is 2. The summed E-state index contributed by atoms with van der Waals surface area (Å²) in [6.45, 7) is 0. The number of ether oxygens (including phenoxy) is 1. The normalized spacial score (nSPS) is 21.6. The van der Waals surface area contributed by atoms with Gasteiger partial charge >= 0.3 is 5.97 Å². The smallest absolute Gasteiger partial charge is 0.305 e. The monoisotopic (exact) mass is 364 g/mol. The van der Waals surface area contributed by atoms with Gasteiger partial charge in [-0.15, -0.1) is 0 Å². The maximum absolute atomic E-state index is 13.1. The lowest BCUT2D eigenvalue weighted by Gasteiger charge is -2.35. The zero-order valence-corrected chi connectivity index (χ0v) is 14.2. The summed E-state index contributed by atoms with van der Waals surface area (Å²) in [7, 11) is 0. The van der Waals surface area contributed by atoms with E-state index in [0.29, 0.717) is 22.3 Å². The molecule has 2 aromatic rings. The first-order valence-electron chi connectivity index (χ1n) is 8.53. The first kappa shape index (κ1) is 17.2. The minimum atomic E-state index is -1.05. The summed E-state index contributed by atoms with van der Waals surface area (Å²) in [6, 6.07) is 12.8. The number of carbonyl (C=O) groups excluding carboxylic acids is 2. The Morgan fingerprint density at radius 1 is 1.04 bits per heavy atom. The van der Waals surface area contributed by atoms with Crippen LogP contribution in [0.4, 0.5) is 0 Å². The molecule has 0 radical (unpaired) electrons. The lowest BCUT2D eigenvalue weighted by atomic mass is 9.77. The van der Waals surface area contributed by atoms with Gasteiger partial charge < -0.3 is 14.9 Å². The Morgan fingerprint density at radius 3 is 2.41 bits per heavy atom. The van der Waals surface area contributed by atoms with Crippen LogP contribution in [0.3, 0.4) is 0 Å².